The van der Waals surface area contributed by atoms with Crippen molar-refractivity contribution in [2.75, 3.05) is 0 Å². The zero-order valence-electron chi connectivity index (χ0n) is 16.2. The molecule has 1 aromatic carbocycles. The van der Waals surface area contributed by atoms with Gasteiger partial charge in [-0.25, -0.2) is 0 Å². The summed E-state index contributed by atoms with van der Waals surface area (Å²) < 4.78 is 0. The number of aryl methyl sites for hydroxylation is 1. The quantitative estimate of drug-likeness (QED) is 0.834. The zero-order valence-corrected chi connectivity index (χ0v) is 16.2. The summed E-state index contributed by atoms with van der Waals surface area (Å²) in [5, 5.41) is 6.53. The summed E-state index contributed by atoms with van der Waals surface area (Å²) >= 11 is 0. The van der Waals surface area contributed by atoms with Crippen molar-refractivity contribution in [1.82, 2.24) is 10.6 Å². The standard InChI is InChI=1S/C23H32N2O2/c26-22(12-6-9-16-7-2-1-3-8-16)24-17-13-14-19-18-10-4-5-11-20(18)23(27)25-21(19)15-17/h1-3,7-8,17-21H,4-6,9-15H2,(H,24,26)(H,25,27). The minimum absolute atomic E-state index is 0.159. The maximum atomic E-state index is 12.5. The van der Waals surface area contributed by atoms with E-state index < -0.39 is 0 Å². The van der Waals surface area contributed by atoms with Crippen LogP contribution in [0.1, 0.15) is 63.4 Å². The van der Waals surface area contributed by atoms with Crippen molar-refractivity contribution in [2.45, 2.75) is 76.3 Å². The molecule has 1 aromatic rings. The first-order valence-corrected chi connectivity index (χ1v) is 10.8. The SMILES string of the molecule is O=C(CCCc1ccccc1)NC1CCC2C(C1)NC(=O)C1CCCCC12. The van der Waals surface area contributed by atoms with E-state index in [-0.39, 0.29) is 29.8 Å². The third-order valence-corrected chi connectivity index (χ3v) is 7.01. The van der Waals surface area contributed by atoms with Gasteiger partial charge in [-0.3, -0.25) is 9.59 Å². The van der Waals surface area contributed by atoms with E-state index in [9.17, 15) is 9.59 Å². The number of amides is 2. The van der Waals surface area contributed by atoms with Gasteiger partial charge in [-0.2, -0.15) is 0 Å². The molecular weight excluding hydrogens is 336 g/mol. The number of hydrogen-bond donors (Lipinski definition) is 2. The van der Waals surface area contributed by atoms with Crippen LogP contribution in [0, 0.1) is 17.8 Å². The molecule has 2 saturated carbocycles. The number of carbonyl (C=O) groups is 2. The summed E-state index contributed by atoms with van der Waals surface area (Å²) in [6.07, 6.45) is 10.3. The van der Waals surface area contributed by atoms with Gasteiger partial charge in [0.1, 0.15) is 0 Å². The second kappa shape index (κ2) is 8.45. The third-order valence-electron chi connectivity index (χ3n) is 7.01. The number of piperidine rings is 1. The summed E-state index contributed by atoms with van der Waals surface area (Å²) in [5.41, 5.74) is 1.29. The van der Waals surface area contributed by atoms with Crippen LogP contribution in [0.2, 0.25) is 0 Å². The van der Waals surface area contributed by atoms with E-state index in [1.807, 2.05) is 18.2 Å². The summed E-state index contributed by atoms with van der Waals surface area (Å²) in [4.78, 5) is 24.8. The molecule has 146 valence electrons. The van der Waals surface area contributed by atoms with Crippen LogP contribution >= 0.6 is 0 Å². The highest BCUT2D eigenvalue weighted by atomic mass is 16.2. The van der Waals surface area contributed by atoms with E-state index in [0.717, 1.165) is 38.5 Å². The molecule has 1 saturated heterocycles. The Labute approximate surface area is 162 Å². The maximum absolute atomic E-state index is 12.5. The van der Waals surface area contributed by atoms with Crippen LogP contribution < -0.4 is 10.6 Å². The van der Waals surface area contributed by atoms with Gasteiger partial charge >= 0.3 is 0 Å². The van der Waals surface area contributed by atoms with Gasteiger partial charge in [-0.1, -0.05) is 43.2 Å². The van der Waals surface area contributed by atoms with Crippen LogP contribution in [0.5, 0.6) is 0 Å². The number of fused-ring (bicyclic) bond motifs is 3. The lowest BCUT2D eigenvalue weighted by Gasteiger charge is -2.49. The highest BCUT2D eigenvalue weighted by Crippen LogP contribution is 2.44. The molecule has 0 radical (unpaired) electrons. The number of nitrogens with one attached hydrogen (secondary N) is 2. The fourth-order valence-corrected chi connectivity index (χ4v) is 5.69. The molecule has 4 heteroatoms. The lowest BCUT2D eigenvalue weighted by atomic mass is 9.63. The molecule has 0 spiro atoms. The van der Waals surface area contributed by atoms with Crippen LogP contribution in [-0.4, -0.2) is 23.9 Å². The van der Waals surface area contributed by atoms with E-state index in [0.29, 0.717) is 18.3 Å². The minimum Gasteiger partial charge on any atom is -0.353 e. The van der Waals surface area contributed by atoms with Gasteiger partial charge in [0.2, 0.25) is 11.8 Å². The molecule has 0 bridgehead atoms. The van der Waals surface area contributed by atoms with Crippen molar-refractivity contribution < 1.29 is 9.59 Å². The Morgan fingerprint density at radius 1 is 1.04 bits per heavy atom. The Kier molecular flexibility index (Phi) is 5.80. The van der Waals surface area contributed by atoms with Crippen LogP contribution in [0.4, 0.5) is 0 Å². The van der Waals surface area contributed by atoms with Gasteiger partial charge in [0.05, 0.1) is 0 Å². The molecule has 2 N–H and O–H groups in total. The molecule has 27 heavy (non-hydrogen) atoms. The van der Waals surface area contributed by atoms with Gasteiger partial charge in [0.25, 0.3) is 0 Å². The molecule has 5 unspecified atom stereocenters. The molecule has 0 aromatic heterocycles. The Bertz CT molecular complexity index is 660. The Hall–Kier alpha value is -1.84. The molecule has 4 rings (SSSR count). The second-order valence-electron chi connectivity index (χ2n) is 8.75. The zero-order chi connectivity index (χ0) is 18.6. The average molecular weight is 369 g/mol. The van der Waals surface area contributed by atoms with Crippen LogP contribution in [0.25, 0.3) is 0 Å². The average Bonchev–Trinajstić information content (AvgIpc) is 2.69. The van der Waals surface area contributed by atoms with Crippen LogP contribution in [0.3, 0.4) is 0 Å². The second-order valence-corrected chi connectivity index (χ2v) is 8.75. The number of rotatable bonds is 5. The Morgan fingerprint density at radius 2 is 1.85 bits per heavy atom. The molecule has 2 amide bonds. The summed E-state index contributed by atoms with van der Waals surface area (Å²) in [7, 11) is 0. The van der Waals surface area contributed by atoms with Crippen molar-refractivity contribution in [2.24, 2.45) is 17.8 Å². The normalized spacial score (nSPS) is 32.7. The highest BCUT2D eigenvalue weighted by Gasteiger charge is 2.46. The topological polar surface area (TPSA) is 58.2 Å². The number of benzene rings is 1. The highest BCUT2D eigenvalue weighted by molar-refractivity contribution is 5.80. The fourth-order valence-electron chi connectivity index (χ4n) is 5.69. The molecule has 4 nitrogen and oxygen atoms in total. The van der Waals surface area contributed by atoms with Gasteiger partial charge < -0.3 is 10.6 Å². The third kappa shape index (κ3) is 4.36. The monoisotopic (exact) mass is 368 g/mol. The smallest absolute Gasteiger partial charge is 0.223 e. The minimum atomic E-state index is 0.159. The summed E-state index contributed by atoms with van der Waals surface area (Å²) in [6, 6.07) is 10.8. The fraction of sp³-hybridized carbons (Fsp3) is 0.652. The molecule has 1 aliphatic heterocycles. The van der Waals surface area contributed by atoms with Crippen molar-refractivity contribution in [3.05, 3.63) is 35.9 Å². The first kappa shape index (κ1) is 18.5. The van der Waals surface area contributed by atoms with E-state index in [2.05, 4.69) is 22.8 Å². The van der Waals surface area contributed by atoms with Gasteiger partial charge in [0.15, 0.2) is 0 Å². The molecule has 1 heterocycles. The lowest BCUT2D eigenvalue weighted by molar-refractivity contribution is -0.135. The molecule has 3 aliphatic rings. The number of carbonyl (C=O) groups excluding carboxylic acids is 2. The molecule has 5 atom stereocenters. The van der Waals surface area contributed by atoms with Crippen molar-refractivity contribution in [3.63, 3.8) is 0 Å². The first-order chi connectivity index (χ1) is 13.2. The van der Waals surface area contributed by atoms with E-state index >= 15 is 0 Å². The predicted octanol–water partition coefficient (Wildman–Crippen LogP) is 3.60. The van der Waals surface area contributed by atoms with Gasteiger partial charge in [0, 0.05) is 24.4 Å². The van der Waals surface area contributed by atoms with Gasteiger partial charge in [-0.15, -0.1) is 0 Å². The van der Waals surface area contributed by atoms with Crippen LogP contribution in [0.15, 0.2) is 30.3 Å². The molecule has 2 aliphatic carbocycles. The Balaban J connectivity index is 1.24. The number of hydrogen-bond acceptors (Lipinski definition) is 2. The lowest BCUT2D eigenvalue weighted by Crippen LogP contribution is -2.59. The van der Waals surface area contributed by atoms with Crippen LogP contribution in [-0.2, 0) is 16.0 Å². The van der Waals surface area contributed by atoms with Gasteiger partial charge in [-0.05, 0) is 62.3 Å². The van der Waals surface area contributed by atoms with Crippen molar-refractivity contribution in [3.8, 4) is 0 Å². The van der Waals surface area contributed by atoms with E-state index in [1.165, 1.54) is 24.8 Å². The maximum Gasteiger partial charge on any atom is 0.223 e. The van der Waals surface area contributed by atoms with E-state index in [4.69, 9.17) is 0 Å². The summed E-state index contributed by atoms with van der Waals surface area (Å²) in [6.45, 7) is 0. The van der Waals surface area contributed by atoms with Crippen molar-refractivity contribution >= 4 is 11.8 Å². The molecule has 3 fully saturated rings. The van der Waals surface area contributed by atoms with Crippen molar-refractivity contribution in [1.29, 1.82) is 0 Å². The van der Waals surface area contributed by atoms with E-state index in [1.54, 1.807) is 0 Å². The largest absolute Gasteiger partial charge is 0.353 e. The summed E-state index contributed by atoms with van der Waals surface area (Å²) in [5.74, 6) is 1.89. The molecular formula is C23H32N2O2. The predicted molar refractivity (Wildman–Crippen MR) is 106 cm³/mol. The first-order valence-electron chi connectivity index (χ1n) is 10.8. The Morgan fingerprint density at radius 3 is 2.70 bits per heavy atom.